The van der Waals surface area contributed by atoms with E-state index >= 15 is 0 Å². The van der Waals surface area contributed by atoms with E-state index in [1.54, 1.807) is 11.3 Å². The van der Waals surface area contributed by atoms with Gasteiger partial charge in [-0.25, -0.2) is 4.98 Å². The van der Waals surface area contributed by atoms with Crippen molar-refractivity contribution in [2.75, 3.05) is 20.6 Å². The quantitative estimate of drug-likeness (QED) is 0.852. The van der Waals surface area contributed by atoms with Crippen molar-refractivity contribution < 1.29 is 0 Å². The molecule has 0 fully saturated rings. The third-order valence-corrected chi connectivity index (χ3v) is 5.27. The van der Waals surface area contributed by atoms with Gasteiger partial charge in [-0.2, -0.15) is 0 Å². The summed E-state index contributed by atoms with van der Waals surface area (Å²) in [7, 11) is 4.33. The molecule has 2 rings (SSSR count). The van der Waals surface area contributed by atoms with Crippen LogP contribution in [0.5, 0.6) is 0 Å². The largest absolute Gasteiger partial charge is 0.312 e. The van der Waals surface area contributed by atoms with Gasteiger partial charge in [-0.05, 0) is 34.0 Å². The van der Waals surface area contributed by atoms with E-state index in [0.29, 0.717) is 6.04 Å². The van der Waals surface area contributed by atoms with Gasteiger partial charge in [-0.15, -0.1) is 11.3 Å². The van der Waals surface area contributed by atoms with Crippen molar-refractivity contribution in [3.63, 3.8) is 0 Å². The summed E-state index contributed by atoms with van der Waals surface area (Å²) < 4.78 is 2.11. The summed E-state index contributed by atoms with van der Waals surface area (Å²) in [5, 5.41) is 5.73. The van der Waals surface area contributed by atoms with Gasteiger partial charge in [0.05, 0.1) is 5.69 Å². The van der Waals surface area contributed by atoms with Crippen molar-refractivity contribution in [1.29, 1.82) is 0 Å². The van der Waals surface area contributed by atoms with Crippen LogP contribution in [-0.2, 0) is 6.42 Å². The monoisotopic (exact) mass is 294 g/mol. The average molecular weight is 294 g/mol. The normalized spacial score (nSPS) is 16.7. The highest BCUT2D eigenvalue weighted by atomic mass is 32.1. The predicted molar refractivity (Wildman–Crippen MR) is 86.6 cm³/mol. The molecule has 2 atom stereocenters. The Labute approximate surface area is 125 Å². The standard InChI is InChI=1S/C15H26N4S/c1-6-15(3,18(4)5)13(16-7-2)10-12-11-19-8-9-20-14(19)17-12/h8-9,11,13,16H,6-7,10H2,1-5H3. The van der Waals surface area contributed by atoms with Crippen molar-refractivity contribution in [2.45, 2.75) is 45.2 Å². The number of imidazole rings is 1. The third-order valence-electron chi connectivity index (χ3n) is 4.50. The Morgan fingerprint density at radius 1 is 1.45 bits per heavy atom. The van der Waals surface area contributed by atoms with Gasteiger partial charge in [0, 0.05) is 35.8 Å². The van der Waals surface area contributed by atoms with Crippen molar-refractivity contribution >= 4 is 16.3 Å². The third kappa shape index (κ3) is 2.90. The van der Waals surface area contributed by atoms with Crippen molar-refractivity contribution in [3.05, 3.63) is 23.5 Å². The summed E-state index contributed by atoms with van der Waals surface area (Å²) in [5.74, 6) is 0. The van der Waals surface area contributed by atoms with Gasteiger partial charge in [0.2, 0.25) is 0 Å². The zero-order valence-electron chi connectivity index (χ0n) is 13.2. The lowest BCUT2D eigenvalue weighted by Gasteiger charge is -2.43. The highest BCUT2D eigenvalue weighted by Gasteiger charge is 2.34. The first-order chi connectivity index (χ1) is 9.51. The van der Waals surface area contributed by atoms with Crippen LogP contribution in [-0.4, -0.2) is 46.5 Å². The predicted octanol–water partition coefficient (Wildman–Crippen LogP) is 2.65. The second kappa shape index (κ2) is 6.24. The van der Waals surface area contributed by atoms with Crippen LogP contribution in [0, 0.1) is 0 Å². The molecule has 2 heterocycles. The Hall–Kier alpha value is -0.910. The first kappa shape index (κ1) is 15.5. The maximum Gasteiger partial charge on any atom is 0.193 e. The van der Waals surface area contributed by atoms with Gasteiger partial charge in [0.1, 0.15) is 0 Å². The molecule has 0 aromatic carbocycles. The number of hydrogen-bond donors (Lipinski definition) is 1. The molecule has 2 aromatic rings. The van der Waals surface area contributed by atoms with Crippen molar-refractivity contribution in [3.8, 4) is 0 Å². The summed E-state index contributed by atoms with van der Waals surface area (Å²) >= 11 is 1.69. The van der Waals surface area contributed by atoms with Crippen molar-refractivity contribution in [1.82, 2.24) is 19.6 Å². The van der Waals surface area contributed by atoms with Crippen LogP contribution in [0.4, 0.5) is 0 Å². The zero-order valence-corrected chi connectivity index (χ0v) is 14.0. The Kier molecular flexibility index (Phi) is 4.83. The molecule has 0 bridgehead atoms. The van der Waals surface area contributed by atoms with E-state index in [2.05, 4.69) is 67.3 Å². The molecular weight excluding hydrogens is 268 g/mol. The molecule has 0 aliphatic carbocycles. The average Bonchev–Trinajstić information content (AvgIpc) is 2.97. The SMILES string of the molecule is CCNC(Cc1cn2ccsc2n1)C(C)(CC)N(C)C. The maximum atomic E-state index is 4.72. The minimum atomic E-state index is 0.132. The molecule has 0 aliphatic rings. The molecule has 0 amide bonds. The van der Waals surface area contributed by atoms with E-state index in [1.807, 2.05) is 0 Å². The summed E-state index contributed by atoms with van der Waals surface area (Å²) in [6.45, 7) is 7.75. The number of aromatic nitrogens is 2. The lowest BCUT2D eigenvalue weighted by atomic mass is 9.85. The fraction of sp³-hybridized carbons (Fsp3) is 0.667. The van der Waals surface area contributed by atoms with Crippen LogP contribution >= 0.6 is 11.3 Å². The summed E-state index contributed by atoms with van der Waals surface area (Å²) in [6.07, 6.45) is 6.30. The molecule has 0 saturated carbocycles. The number of hydrogen-bond acceptors (Lipinski definition) is 4. The van der Waals surface area contributed by atoms with Gasteiger partial charge >= 0.3 is 0 Å². The highest BCUT2D eigenvalue weighted by Crippen LogP contribution is 2.24. The van der Waals surface area contributed by atoms with E-state index in [9.17, 15) is 0 Å². The molecule has 1 N–H and O–H groups in total. The summed E-state index contributed by atoms with van der Waals surface area (Å²) in [4.78, 5) is 8.14. The van der Waals surface area contributed by atoms with Crippen LogP contribution < -0.4 is 5.32 Å². The van der Waals surface area contributed by atoms with Gasteiger partial charge < -0.3 is 10.2 Å². The Bertz CT molecular complexity index is 516. The van der Waals surface area contributed by atoms with Gasteiger partial charge in [-0.1, -0.05) is 13.8 Å². The minimum Gasteiger partial charge on any atom is -0.312 e. The summed E-state index contributed by atoms with van der Waals surface area (Å²) in [6, 6.07) is 0.400. The molecule has 4 nitrogen and oxygen atoms in total. The molecule has 112 valence electrons. The molecule has 2 unspecified atom stereocenters. The number of nitrogens with zero attached hydrogens (tertiary/aromatic N) is 3. The highest BCUT2D eigenvalue weighted by molar-refractivity contribution is 7.15. The van der Waals surface area contributed by atoms with Crippen LogP contribution in [0.15, 0.2) is 17.8 Å². The van der Waals surface area contributed by atoms with E-state index in [1.165, 1.54) is 5.69 Å². The number of nitrogens with one attached hydrogen (secondary N) is 1. The first-order valence-corrected chi connectivity index (χ1v) is 8.21. The second-order valence-electron chi connectivity index (χ2n) is 5.74. The molecule has 0 radical (unpaired) electrons. The number of fused-ring (bicyclic) bond motifs is 1. The van der Waals surface area contributed by atoms with Crippen LogP contribution in [0.1, 0.15) is 32.9 Å². The number of likely N-dealkylation sites (N-methyl/N-ethyl adjacent to an activating group) is 2. The zero-order chi connectivity index (χ0) is 14.8. The molecule has 0 spiro atoms. The fourth-order valence-electron chi connectivity index (χ4n) is 2.72. The first-order valence-electron chi connectivity index (χ1n) is 7.33. The molecular formula is C15H26N4S. The van der Waals surface area contributed by atoms with E-state index in [4.69, 9.17) is 4.98 Å². The van der Waals surface area contributed by atoms with Crippen LogP contribution in [0.25, 0.3) is 4.96 Å². The molecule has 5 heteroatoms. The van der Waals surface area contributed by atoms with E-state index < -0.39 is 0 Å². The van der Waals surface area contributed by atoms with Gasteiger partial charge in [-0.3, -0.25) is 4.40 Å². The molecule has 0 aliphatic heterocycles. The molecule has 2 aromatic heterocycles. The van der Waals surface area contributed by atoms with Crippen LogP contribution in [0.3, 0.4) is 0 Å². The molecule has 0 saturated heterocycles. The fourth-order valence-corrected chi connectivity index (χ4v) is 3.44. The maximum absolute atomic E-state index is 4.72. The van der Waals surface area contributed by atoms with Crippen LogP contribution in [0.2, 0.25) is 0 Å². The lowest BCUT2D eigenvalue weighted by molar-refractivity contribution is 0.113. The van der Waals surface area contributed by atoms with E-state index in [-0.39, 0.29) is 5.54 Å². The van der Waals surface area contributed by atoms with Gasteiger partial charge in [0.25, 0.3) is 0 Å². The summed E-state index contributed by atoms with van der Waals surface area (Å²) in [5.41, 5.74) is 1.30. The Morgan fingerprint density at radius 3 is 2.75 bits per heavy atom. The van der Waals surface area contributed by atoms with Gasteiger partial charge in [0.15, 0.2) is 4.96 Å². The second-order valence-corrected chi connectivity index (χ2v) is 6.62. The number of thiazole rings is 1. The Morgan fingerprint density at radius 2 is 2.20 bits per heavy atom. The lowest BCUT2D eigenvalue weighted by Crippen LogP contribution is -2.57. The smallest absolute Gasteiger partial charge is 0.193 e. The van der Waals surface area contributed by atoms with E-state index in [0.717, 1.165) is 24.3 Å². The number of rotatable bonds is 7. The molecule has 20 heavy (non-hydrogen) atoms. The Balaban J connectivity index is 2.22. The minimum absolute atomic E-state index is 0.132. The topological polar surface area (TPSA) is 32.6 Å². The van der Waals surface area contributed by atoms with Crippen molar-refractivity contribution in [2.24, 2.45) is 0 Å².